The summed E-state index contributed by atoms with van der Waals surface area (Å²) in [6.45, 7) is 0. The van der Waals surface area contributed by atoms with Crippen LogP contribution in [-0.4, -0.2) is 33.0 Å². The van der Waals surface area contributed by atoms with Crippen LogP contribution < -0.4 is 5.32 Å². The fraction of sp³-hybridized carbons (Fsp3) is 0.643. The minimum absolute atomic E-state index is 0.425. The first kappa shape index (κ1) is 13.3. The lowest BCUT2D eigenvalue weighted by molar-refractivity contribution is 0.318. The van der Waals surface area contributed by atoms with Crippen LogP contribution in [0.2, 0.25) is 0 Å². The van der Waals surface area contributed by atoms with Crippen LogP contribution in [0.5, 0.6) is 0 Å². The first-order chi connectivity index (χ1) is 9.76. The molecule has 2 heterocycles. The van der Waals surface area contributed by atoms with Crippen LogP contribution in [0.15, 0.2) is 16.8 Å². The highest BCUT2D eigenvalue weighted by molar-refractivity contribution is 5.46. The van der Waals surface area contributed by atoms with Gasteiger partial charge >= 0.3 is 0 Å². The van der Waals surface area contributed by atoms with Crippen molar-refractivity contribution in [1.82, 2.24) is 25.2 Å². The highest BCUT2D eigenvalue weighted by Crippen LogP contribution is 2.29. The quantitative estimate of drug-likeness (QED) is 0.901. The molecule has 1 saturated carbocycles. The summed E-state index contributed by atoms with van der Waals surface area (Å²) in [6, 6.07) is 2.32. The summed E-state index contributed by atoms with van der Waals surface area (Å²) < 4.78 is 7.11. The van der Waals surface area contributed by atoms with Gasteiger partial charge in [-0.3, -0.25) is 4.68 Å². The molecule has 0 saturated heterocycles. The molecular weight excluding hydrogens is 254 g/mol. The lowest BCUT2D eigenvalue weighted by Crippen LogP contribution is -2.34. The van der Waals surface area contributed by atoms with Gasteiger partial charge in [-0.15, -0.1) is 0 Å². The van der Waals surface area contributed by atoms with Crippen LogP contribution in [0.3, 0.4) is 0 Å². The van der Waals surface area contributed by atoms with Gasteiger partial charge in [0.15, 0.2) is 0 Å². The zero-order valence-electron chi connectivity index (χ0n) is 12.0. The molecule has 1 aliphatic carbocycles. The molecule has 0 bridgehead atoms. The van der Waals surface area contributed by atoms with E-state index in [1.165, 1.54) is 25.7 Å². The number of hydrogen-bond acceptors (Lipinski definition) is 5. The summed E-state index contributed by atoms with van der Waals surface area (Å²) in [5.74, 6) is 1.99. The van der Waals surface area contributed by atoms with Crippen molar-refractivity contribution in [3.8, 4) is 11.5 Å². The molecule has 6 nitrogen and oxygen atoms in total. The largest absolute Gasteiger partial charge is 0.339 e. The Hall–Kier alpha value is -1.69. The zero-order chi connectivity index (χ0) is 13.9. The van der Waals surface area contributed by atoms with Crippen LogP contribution in [0.1, 0.15) is 31.6 Å². The van der Waals surface area contributed by atoms with Crippen molar-refractivity contribution in [3.63, 3.8) is 0 Å². The van der Waals surface area contributed by atoms with Crippen molar-refractivity contribution in [1.29, 1.82) is 0 Å². The molecule has 0 spiro atoms. The number of likely N-dealkylation sites (N-methyl/N-ethyl adjacent to an activating group) is 1. The van der Waals surface area contributed by atoms with Gasteiger partial charge < -0.3 is 9.84 Å². The molecule has 1 atom stereocenters. The Bertz CT molecular complexity index is 555. The van der Waals surface area contributed by atoms with Gasteiger partial charge in [0.1, 0.15) is 5.69 Å². The number of nitrogens with one attached hydrogen (secondary N) is 1. The van der Waals surface area contributed by atoms with E-state index in [2.05, 4.69) is 20.6 Å². The molecule has 2 aromatic rings. The summed E-state index contributed by atoms with van der Waals surface area (Å²) in [5.41, 5.74) is 0.754. The third-order valence-corrected chi connectivity index (χ3v) is 4.14. The molecule has 108 valence electrons. The maximum atomic E-state index is 5.37. The first-order valence-corrected chi connectivity index (χ1v) is 7.26. The van der Waals surface area contributed by atoms with E-state index in [4.69, 9.17) is 4.52 Å². The Morgan fingerprint density at radius 1 is 1.45 bits per heavy atom. The molecule has 0 aliphatic heterocycles. The number of rotatable bonds is 5. The number of aryl methyl sites for hydroxylation is 1. The van der Waals surface area contributed by atoms with Crippen LogP contribution in [0.25, 0.3) is 11.5 Å². The van der Waals surface area contributed by atoms with Gasteiger partial charge in [0.05, 0.1) is 0 Å². The van der Waals surface area contributed by atoms with Crippen molar-refractivity contribution < 1.29 is 4.52 Å². The summed E-state index contributed by atoms with van der Waals surface area (Å²) in [5, 5.41) is 11.7. The number of aromatic nitrogens is 4. The van der Waals surface area contributed by atoms with E-state index in [-0.39, 0.29) is 0 Å². The van der Waals surface area contributed by atoms with E-state index in [0.717, 1.165) is 18.0 Å². The smallest absolute Gasteiger partial charge is 0.228 e. The van der Waals surface area contributed by atoms with Gasteiger partial charge in [0.25, 0.3) is 0 Å². The summed E-state index contributed by atoms with van der Waals surface area (Å²) in [6.07, 6.45) is 7.94. The highest BCUT2D eigenvalue weighted by atomic mass is 16.5. The van der Waals surface area contributed by atoms with Gasteiger partial charge in [-0.25, -0.2) is 0 Å². The first-order valence-electron chi connectivity index (χ1n) is 7.26. The van der Waals surface area contributed by atoms with E-state index in [1.54, 1.807) is 4.68 Å². The van der Waals surface area contributed by atoms with Gasteiger partial charge in [0.2, 0.25) is 11.7 Å². The van der Waals surface area contributed by atoms with Crippen molar-refractivity contribution >= 4 is 0 Å². The fourth-order valence-electron chi connectivity index (χ4n) is 3.03. The standard InChI is InChI=1S/C14H21N5O/c1-15-12(10-5-3-4-6-10)9-13-16-14(18-20-13)11-7-8-19(2)17-11/h7-8,10,12,15H,3-6,9H2,1-2H3. The van der Waals surface area contributed by atoms with E-state index in [0.29, 0.717) is 17.8 Å². The normalized spacial score (nSPS) is 17.7. The number of nitrogens with zero attached hydrogens (tertiary/aromatic N) is 4. The van der Waals surface area contributed by atoms with Gasteiger partial charge in [0, 0.05) is 25.7 Å². The average molecular weight is 275 g/mol. The summed E-state index contributed by atoms with van der Waals surface area (Å²) in [7, 11) is 3.89. The van der Waals surface area contributed by atoms with E-state index < -0.39 is 0 Å². The maximum Gasteiger partial charge on any atom is 0.228 e. The molecule has 0 radical (unpaired) electrons. The zero-order valence-corrected chi connectivity index (χ0v) is 12.0. The van der Waals surface area contributed by atoms with Crippen molar-refractivity contribution in [2.75, 3.05) is 7.05 Å². The maximum absolute atomic E-state index is 5.37. The Morgan fingerprint density at radius 3 is 2.90 bits per heavy atom. The van der Waals surface area contributed by atoms with Crippen LogP contribution >= 0.6 is 0 Å². The molecule has 1 aliphatic rings. The fourth-order valence-corrected chi connectivity index (χ4v) is 3.03. The lowest BCUT2D eigenvalue weighted by Gasteiger charge is -2.20. The van der Waals surface area contributed by atoms with Crippen molar-refractivity contribution in [3.05, 3.63) is 18.2 Å². The predicted molar refractivity (Wildman–Crippen MR) is 75.0 cm³/mol. The van der Waals surface area contributed by atoms with Gasteiger partial charge in [-0.2, -0.15) is 10.1 Å². The molecule has 20 heavy (non-hydrogen) atoms. The predicted octanol–water partition coefficient (Wildman–Crippen LogP) is 1.79. The molecule has 0 amide bonds. The lowest BCUT2D eigenvalue weighted by atomic mass is 9.95. The van der Waals surface area contributed by atoms with Gasteiger partial charge in [-0.1, -0.05) is 18.0 Å². The molecule has 1 N–H and O–H groups in total. The molecule has 6 heteroatoms. The molecule has 3 rings (SSSR count). The van der Waals surface area contributed by atoms with Crippen LogP contribution in [-0.2, 0) is 13.5 Å². The van der Waals surface area contributed by atoms with Crippen LogP contribution in [0.4, 0.5) is 0 Å². The summed E-state index contributed by atoms with van der Waals surface area (Å²) in [4.78, 5) is 4.46. The van der Waals surface area contributed by atoms with Gasteiger partial charge in [-0.05, 0) is 31.9 Å². The van der Waals surface area contributed by atoms with E-state index >= 15 is 0 Å². The third kappa shape index (κ3) is 2.75. The Kier molecular flexibility index (Phi) is 3.82. The van der Waals surface area contributed by atoms with Crippen molar-refractivity contribution in [2.45, 2.75) is 38.1 Å². The van der Waals surface area contributed by atoms with Crippen LogP contribution in [0, 0.1) is 5.92 Å². The molecule has 1 fully saturated rings. The number of hydrogen-bond donors (Lipinski definition) is 1. The highest BCUT2D eigenvalue weighted by Gasteiger charge is 2.26. The molecule has 1 unspecified atom stereocenters. The minimum atomic E-state index is 0.425. The third-order valence-electron chi connectivity index (χ3n) is 4.14. The van der Waals surface area contributed by atoms with E-state index in [1.807, 2.05) is 26.4 Å². The molecule has 2 aromatic heterocycles. The van der Waals surface area contributed by atoms with E-state index in [9.17, 15) is 0 Å². The monoisotopic (exact) mass is 275 g/mol. The minimum Gasteiger partial charge on any atom is -0.339 e. The average Bonchev–Trinajstić information content (AvgIpc) is 3.16. The Morgan fingerprint density at radius 2 is 2.25 bits per heavy atom. The Labute approximate surface area is 118 Å². The second-order valence-electron chi connectivity index (χ2n) is 5.53. The Balaban J connectivity index is 1.69. The topological polar surface area (TPSA) is 68.8 Å². The van der Waals surface area contributed by atoms with Crippen molar-refractivity contribution in [2.24, 2.45) is 13.0 Å². The SMILES string of the molecule is CNC(Cc1nc(-c2ccn(C)n2)no1)C1CCCC1. The summed E-state index contributed by atoms with van der Waals surface area (Å²) >= 11 is 0. The second kappa shape index (κ2) is 5.75. The molecule has 0 aromatic carbocycles. The second-order valence-corrected chi connectivity index (χ2v) is 5.53. The molecular formula is C14H21N5O.